The number of benzene rings is 1. The van der Waals surface area contributed by atoms with Gasteiger partial charge in [0.2, 0.25) is 5.91 Å². The molecule has 0 saturated carbocycles. The van der Waals surface area contributed by atoms with Crippen LogP contribution in [-0.2, 0) is 9.53 Å². The number of rotatable bonds is 5. The molecule has 1 aliphatic heterocycles. The summed E-state index contributed by atoms with van der Waals surface area (Å²) in [5.41, 5.74) is 1.42. The summed E-state index contributed by atoms with van der Waals surface area (Å²) in [6.07, 6.45) is 3.91. The van der Waals surface area contributed by atoms with Crippen molar-refractivity contribution in [3.63, 3.8) is 0 Å². The third kappa shape index (κ3) is 3.79. The van der Waals surface area contributed by atoms with Crippen molar-refractivity contribution in [2.24, 2.45) is 0 Å². The van der Waals surface area contributed by atoms with Crippen LogP contribution in [0.3, 0.4) is 0 Å². The van der Waals surface area contributed by atoms with Crippen molar-refractivity contribution in [2.45, 2.75) is 31.4 Å². The Bertz CT molecular complexity index is 687. The lowest BCUT2D eigenvalue weighted by Gasteiger charge is -2.29. The highest BCUT2D eigenvalue weighted by Crippen LogP contribution is 2.28. The molecule has 1 saturated heterocycles. The number of nitrogens with zero attached hydrogens (tertiary/aromatic N) is 2. The molecule has 0 spiro atoms. The van der Waals surface area contributed by atoms with Crippen LogP contribution in [0.25, 0.3) is 0 Å². The first-order chi connectivity index (χ1) is 11.6. The SMILES string of the molecule is CN(C(=O)C[C@@H]1CCCO1)[C@H](c1cccc(F)c1)c1ccccn1. The minimum absolute atomic E-state index is 0.0168. The zero-order valence-corrected chi connectivity index (χ0v) is 13.7. The highest BCUT2D eigenvalue weighted by molar-refractivity contribution is 5.77. The summed E-state index contributed by atoms with van der Waals surface area (Å²) in [5.74, 6) is -0.352. The summed E-state index contributed by atoms with van der Waals surface area (Å²) >= 11 is 0. The van der Waals surface area contributed by atoms with Gasteiger partial charge in [0, 0.05) is 19.9 Å². The number of aromatic nitrogens is 1. The molecule has 1 fully saturated rings. The van der Waals surface area contributed by atoms with E-state index < -0.39 is 6.04 Å². The summed E-state index contributed by atoms with van der Waals surface area (Å²) in [7, 11) is 1.74. The Morgan fingerprint density at radius 2 is 2.25 bits per heavy atom. The summed E-state index contributed by atoms with van der Waals surface area (Å²) in [5, 5.41) is 0. The van der Waals surface area contributed by atoms with Gasteiger partial charge in [0.15, 0.2) is 0 Å². The van der Waals surface area contributed by atoms with Gasteiger partial charge in [-0.2, -0.15) is 0 Å². The summed E-state index contributed by atoms with van der Waals surface area (Å²) in [4.78, 5) is 18.7. The second-order valence-electron chi connectivity index (χ2n) is 6.06. The van der Waals surface area contributed by atoms with E-state index in [4.69, 9.17) is 4.74 Å². The first-order valence-corrected chi connectivity index (χ1v) is 8.19. The van der Waals surface area contributed by atoms with Crippen molar-refractivity contribution in [1.29, 1.82) is 0 Å². The van der Waals surface area contributed by atoms with Crippen molar-refractivity contribution in [2.75, 3.05) is 13.7 Å². The predicted molar refractivity (Wildman–Crippen MR) is 88.8 cm³/mol. The van der Waals surface area contributed by atoms with E-state index in [1.54, 1.807) is 24.2 Å². The molecule has 1 aromatic carbocycles. The summed E-state index contributed by atoms with van der Waals surface area (Å²) < 4.78 is 19.3. The second-order valence-corrected chi connectivity index (χ2v) is 6.06. The van der Waals surface area contributed by atoms with Crippen molar-refractivity contribution in [3.8, 4) is 0 Å². The fourth-order valence-corrected chi connectivity index (χ4v) is 3.10. The fourth-order valence-electron chi connectivity index (χ4n) is 3.10. The summed E-state index contributed by atoms with van der Waals surface area (Å²) in [6.45, 7) is 0.717. The third-order valence-electron chi connectivity index (χ3n) is 4.34. The van der Waals surface area contributed by atoms with Crippen LogP contribution >= 0.6 is 0 Å². The molecule has 24 heavy (non-hydrogen) atoms. The zero-order chi connectivity index (χ0) is 16.9. The summed E-state index contributed by atoms with van der Waals surface area (Å²) in [6, 6.07) is 11.4. The van der Waals surface area contributed by atoms with Gasteiger partial charge in [-0.3, -0.25) is 9.78 Å². The highest BCUT2D eigenvalue weighted by atomic mass is 19.1. The Labute approximate surface area is 141 Å². The van der Waals surface area contributed by atoms with E-state index in [1.807, 2.05) is 24.3 Å². The second kappa shape index (κ2) is 7.53. The molecule has 126 valence electrons. The molecule has 1 aromatic heterocycles. The van der Waals surface area contributed by atoms with E-state index in [0.29, 0.717) is 17.7 Å². The van der Waals surface area contributed by atoms with Crippen LogP contribution < -0.4 is 0 Å². The maximum atomic E-state index is 13.7. The molecule has 5 heteroatoms. The van der Waals surface area contributed by atoms with Gasteiger partial charge in [0.25, 0.3) is 0 Å². The van der Waals surface area contributed by atoms with Crippen molar-refractivity contribution in [3.05, 3.63) is 65.7 Å². The Balaban J connectivity index is 1.87. The molecule has 0 aliphatic carbocycles. The number of hydrogen-bond donors (Lipinski definition) is 0. The van der Waals surface area contributed by atoms with Crippen LogP contribution in [0.15, 0.2) is 48.7 Å². The quantitative estimate of drug-likeness (QED) is 0.845. The van der Waals surface area contributed by atoms with E-state index in [2.05, 4.69) is 4.98 Å². The van der Waals surface area contributed by atoms with Gasteiger partial charge >= 0.3 is 0 Å². The molecule has 1 aliphatic rings. The molecular formula is C19H21FN2O2. The average Bonchev–Trinajstić information content (AvgIpc) is 3.09. The lowest BCUT2D eigenvalue weighted by molar-refractivity contribution is -0.133. The Kier molecular flexibility index (Phi) is 5.20. The number of pyridine rings is 1. The van der Waals surface area contributed by atoms with Crippen molar-refractivity contribution in [1.82, 2.24) is 9.88 Å². The molecule has 0 radical (unpaired) electrons. The molecule has 1 amide bonds. The number of carbonyl (C=O) groups is 1. The van der Waals surface area contributed by atoms with Gasteiger partial charge in [-0.15, -0.1) is 0 Å². The number of halogens is 1. The number of amides is 1. The molecule has 2 aromatic rings. The smallest absolute Gasteiger partial charge is 0.225 e. The average molecular weight is 328 g/mol. The highest BCUT2D eigenvalue weighted by Gasteiger charge is 2.28. The van der Waals surface area contributed by atoms with Gasteiger partial charge in [-0.05, 0) is 42.7 Å². The largest absolute Gasteiger partial charge is 0.378 e. The molecule has 4 nitrogen and oxygen atoms in total. The van der Waals surface area contributed by atoms with Gasteiger partial charge in [0.1, 0.15) is 5.82 Å². The van der Waals surface area contributed by atoms with Crippen LogP contribution in [-0.4, -0.2) is 35.5 Å². The maximum Gasteiger partial charge on any atom is 0.225 e. The molecule has 2 atom stereocenters. The van der Waals surface area contributed by atoms with Gasteiger partial charge in [-0.1, -0.05) is 18.2 Å². The zero-order valence-electron chi connectivity index (χ0n) is 13.7. The number of ether oxygens (including phenoxy) is 1. The number of hydrogen-bond acceptors (Lipinski definition) is 3. The lowest BCUT2D eigenvalue weighted by atomic mass is 10.0. The van der Waals surface area contributed by atoms with Gasteiger partial charge in [0.05, 0.1) is 24.3 Å². The Hall–Kier alpha value is -2.27. The predicted octanol–water partition coefficient (Wildman–Crippen LogP) is 3.34. The molecule has 0 bridgehead atoms. The Morgan fingerprint density at radius 3 is 2.92 bits per heavy atom. The van der Waals surface area contributed by atoms with Crippen LogP contribution in [0, 0.1) is 5.82 Å². The van der Waals surface area contributed by atoms with Gasteiger partial charge < -0.3 is 9.64 Å². The van der Waals surface area contributed by atoms with Crippen molar-refractivity contribution >= 4 is 5.91 Å². The van der Waals surface area contributed by atoms with Crippen LogP contribution in [0.1, 0.15) is 36.6 Å². The first-order valence-electron chi connectivity index (χ1n) is 8.19. The van der Waals surface area contributed by atoms with Gasteiger partial charge in [-0.25, -0.2) is 4.39 Å². The van der Waals surface area contributed by atoms with E-state index in [0.717, 1.165) is 19.4 Å². The molecule has 2 heterocycles. The van der Waals surface area contributed by atoms with E-state index in [1.165, 1.54) is 12.1 Å². The Morgan fingerprint density at radius 1 is 1.38 bits per heavy atom. The van der Waals surface area contributed by atoms with E-state index in [9.17, 15) is 9.18 Å². The maximum absolute atomic E-state index is 13.7. The minimum Gasteiger partial charge on any atom is -0.378 e. The van der Waals surface area contributed by atoms with Crippen LogP contribution in [0.5, 0.6) is 0 Å². The molecule has 3 rings (SSSR count). The minimum atomic E-state index is -0.421. The molecule has 0 N–H and O–H groups in total. The standard InChI is InChI=1S/C19H21FN2O2/c1-22(18(23)13-16-8-5-11-24-16)19(17-9-2-3-10-21-17)14-6-4-7-15(20)12-14/h2-4,6-7,9-10,12,16,19H,5,8,11,13H2,1H3/t16-,19+/m0/s1. The normalized spacial score (nSPS) is 18.3. The monoisotopic (exact) mass is 328 g/mol. The van der Waals surface area contributed by atoms with Crippen LogP contribution in [0.4, 0.5) is 4.39 Å². The lowest BCUT2D eigenvalue weighted by Crippen LogP contribution is -2.34. The van der Waals surface area contributed by atoms with E-state index in [-0.39, 0.29) is 17.8 Å². The third-order valence-corrected chi connectivity index (χ3v) is 4.34. The molecular weight excluding hydrogens is 307 g/mol. The first kappa shape index (κ1) is 16.6. The van der Waals surface area contributed by atoms with E-state index >= 15 is 0 Å². The fraction of sp³-hybridized carbons (Fsp3) is 0.368. The number of carbonyl (C=O) groups excluding carboxylic acids is 1. The molecule has 0 unspecified atom stereocenters. The van der Waals surface area contributed by atoms with Crippen molar-refractivity contribution < 1.29 is 13.9 Å². The van der Waals surface area contributed by atoms with Crippen LogP contribution in [0.2, 0.25) is 0 Å². The topological polar surface area (TPSA) is 42.4 Å².